The molecule has 0 unspecified atom stereocenters. The van der Waals surface area contributed by atoms with Crippen molar-refractivity contribution < 1.29 is 14.3 Å². The van der Waals surface area contributed by atoms with E-state index < -0.39 is 0 Å². The van der Waals surface area contributed by atoms with Crippen LogP contribution in [0.3, 0.4) is 0 Å². The van der Waals surface area contributed by atoms with Crippen LogP contribution >= 0.6 is 0 Å². The molecule has 1 aromatic heterocycles. The summed E-state index contributed by atoms with van der Waals surface area (Å²) < 4.78 is 10.5. The Labute approximate surface area is 137 Å². The lowest BCUT2D eigenvalue weighted by Gasteiger charge is -2.02. The van der Waals surface area contributed by atoms with Gasteiger partial charge in [-0.25, -0.2) is 10.4 Å². The van der Waals surface area contributed by atoms with Gasteiger partial charge in [0.15, 0.2) is 11.5 Å². The van der Waals surface area contributed by atoms with Crippen LogP contribution in [0.2, 0.25) is 0 Å². The Morgan fingerprint density at radius 1 is 1.08 bits per heavy atom. The molecule has 2 aromatic carbocycles. The molecule has 0 radical (unpaired) electrons. The van der Waals surface area contributed by atoms with Crippen molar-refractivity contribution >= 4 is 23.0 Å². The predicted octanol–water partition coefficient (Wildman–Crippen LogP) is 2.73. The smallest absolute Gasteiger partial charge is 0.289 e. The summed E-state index contributed by atoms with van der Waals surface area (Å²) in [6, 6.07) is 16.6. The maximum absolute atomic E-state index is 12.1. The lowest BCUT2D eigenvalue weighted by Crippen LogP contribution is -2.18. The first-order valence-corrected chi connectivity index (χ1v) is 7.38. The second-order valence-electron chi connectivity index (χ2n) is 5.20. The molecule has 3 aromatic rings. The number of hydrazone groups is 1. The monoisotopic (exact) mass is 319 g/mol. The molecule has 0 spiro atoms. The minimum Gasteiger partial charge on any atom is -0.454 e. The lowest BCUT2D eigenvalue weighted by atomic mass is 10.2. The second kappa shape index (κ2) is 6.00. The molecule has 1 amide bonds. The third kappa shape index (κ3) is 2.77. The molecule has 118 valence electrons. The highest BCUT2D eigenvalue weighted by Crippen LogP contribution is 2.31. The second-order valence-corrected chi connectivity index (χ2v) is 5.20. The number of carbonyl (C=O) groups is 1. The summed E-state index contributed by atoms with van der Waals surface area (Å²) in [5, 5.41) is 4.95. The van der Waals surface area contributed by atoms with Crippen LogP contribution in [-0.2, 0) is 0 Å². The van der Waals surface area contributed by atoms with Gasteiger partial charge in [-0.15, -0.1) is 0 Å². The van der Waals surface area contributed by atoms with Crippen LogP contribution in [0.1, 0.15) is 16.1 Å². The molecule has 24 heavy (non-hydrogen) atoms. The quantitative estimate of drug-likeness (QED) is 0.595. The first-order chi connectivity index (χ1) is 11.8. The van der Waals surface area contributed by atoms with Gasteiger partial charge in [-0.05, 0) is 35.9 Å². The number of carbonyl (C=O) groups excluding carboxylic acids is 1. The number of para-hydroxylation sites is 1. The van der Waals surface area contributed by atoms with E-state index in [0.717, 1.165) is 16.5 Å². The average Bonchev–Trinajstić information content (AvgIpc) is 3.09. The third-order valence-electron chi connectivity index (χ3n) is 3.61. The van der Waals surface area contributed by atoms with Gasteiger partial charge in [0, 0.05) is 5.39 Å². The third-order valence-corrected chi connectivity index (χ3v) is 3.61. The van der Waals surface area contributed by atoms with E-state index in [1.807, 2.05) is 36.4 Å². The van der Waals surface area contributed by atoms with E-state index in [-0.39, 0.29) is 12.7 Å². The molecule has 6 nitrogen and oxygen atoms in total. The van der Waals surface area contributed by atoms with Crippen molar-refractivity contribution in [2.24, 2.45) is 5.10 Å². The van der Waals surface area contributed by atoms with Crippen LogP contribution in [-0.4, -0.2) is 23.9 Å². The first-order valence-electron chi connectivity index (χ1n) is 7.38. The highest BCUT2D eigenvalue weighted by atomic mass is 16.7. The van der Waals surface area contributed by atoms with Crippen LogP contribution in [0.25, 0.3) is 10.9 Å². The Bertz CT molecular complexity index is 953. The molecule has 0 saturated heterocycles. The number of rotatable bonds is 3. The number of hydrogen-bond acceptors (Lipinski definition) is 5. The fraction of sp³-hybridized carbons (Fsp3) is 0.0556. The lowest BCUT2D eigenvalue weighted by molar-refractivity contribution is 0.0950. The van der Waals surface area contributed by atoms with Crippen molar-refractivity contribution in [2.45, 2.75) is 0 Å². The Morgan fingerprint density at radius 2 is 1.96 bits per heavy atom. The van der Waals surface area contributed by atoms with Gasteiger partial charge < -0.3 is 9.47 Å². The Balaban J connectivity index is 1.47. The molecule has 0 fully saturated rings. The molecular weight excluding hydrogens is 306 g/mol. The van der Waals surface area contributed by atoms with E-state index in [9.17, 15) is 4.79 Å². The fourth-order valence-corrected chi connectivity index (χ4v) is 2.41. The Kier molecular flexibility index (Phi) is 3.55. The maximum atomic E-state index is 12.1. The summed E-state index contributed by atoms with van der Waals surface area (Å²) >= 11 is 0. The van der Waals surface area contributed by atoms with Crippen LogP contribution in [0, 0.1) is 0 Å². The number of pyridine rings is 1. The van der Waals surface area contributed by atoms with Gasteiger partial charge in [-0.1, -0.05) is 24.3 Å². The average molecular weight is 319 g/mol. The molecule has 0 aliphatic carbocycles. The van der Waals surface area contributed by atoms with E-state index in [4.69, 9.17) is 9.47 Å². The van der Waals surface area contributed by atoms with E-state index in [1.165, 1.54) is 0 Å². The summed E-state index contributed by atoms with van der Waals surface area (Å²) in [4.78, 5) is 16.5. The minimum absolute atomic E-state index is 0.223. The van der Waals surface area contributed by atoms with Crippen molar-refractivity contribution in [1.29, 1.82) is 0 Å². The molecule has 0 saturated carbocycles. The molecule has 1 N–H and O–H groups in total. The summed E-state index contributed by atoms with van der Waals surface area (Å²) in [5.74, 6) is 1.01. The van der Waals surface area contributed by atoms with Crippen molar-refractivity contribution in [2.75, 3.05) is 6.79 Å². The van der Waals surface area contributed by atoms with Gasteiger partial charge >= 0.3 is 0 Å². The Hall–Kier alpha value is -3.41. The predicted molar refractivity (Wildman–Crippen MR) is 89.4 cm³/mol. The van der Waals surface area contributed by atoms with Gasteiger partial charge in [0.2, 0.25) is 6.79 Å². The van der Waals surface area contributed by atoms with Gasteiger partial charge in [-0.2, -0.15) is 5.10 Å². The zero-order valence-corrected chi connectivity index (χ0v) is 12.6. The van der Waals surface area contributed by atoms with Crippen molar-refractivity contribution in [1.82, 2.24) is 10.4 Å². The van der Waals surface area contributed by atoms with Gasteiger partial charge in [0.25, 0.3) is 5.91 Å². The van der Waals surface area contributed by atoms with E-state index in [0.29, 0.717) is 17.2 Å². The molecule has 0 bridgehead atoms. The standard InChI is InChI=1S/C18H13N3O3/c22-18(15-7-6-13-3-1-2-4-14(13)20-15)21-19-10-12-5-8-16-17(9-12)24-11-23-16/h1-10H,11H2,(H,21,22)/b19-10+. The van der Waals surface area contributed by atoms with Gasteiger partial charge in [0.1, 0.15) is 5.69 Å². The molecule has 4 rings (SSSR count). The molecule has 2 heterocycles. The van der Waals surface area contributed by atoms with Crippen molar-refractivity contribution in [3.05, 3.63) is 65.9 Å². The van der Waals surface area contributed by atoms with E-state index >= 15 is 0 Å². The number of ether oxygens (including phenoxy) is 2. The van der Waals surface area contributed by atoms with Crippen LogP contribution < -0.4 is 14.9 Å². The topological polar surface area (TPSA) is 72.8 Å². The minimum atomic E-state index is -0.363. The SMILES string of the molecule is O=C(N/N=C/c1ccc2c(c1)OCO2)c1ccc2ccccc2n1. The molecular formula is C18H13N3O3. The normalized spacial score (nSPS) is 12.7. The van der Waals surface area contributed by atoms with Crippen molar-refractivity contribution in [3.63, 3.8) is 0 Å². The summed E-state index contributed by atoms with van der Waals surface area (Å²) in [7, 11) is 0. The first kappa shape index (κ1) is 14.2. The van der Waals surface area contributed by atoms with Gasteiger partial charge in [-0.3, -0.25) is 4.79 Å². The van der Waals surface area contributed by atoms with Crippen LogP contribution in [0.5, 0.6) is 11.5 Å². The van der Waals surface area contributed by atoms with E-state index in [1.54, 1.807) is 24.4 Å². The van der Waals surface area contributed by atoms with E-state index in [2.05, 4.69) is 15.5 Å². The molecule has 6 heteroatoms. The zero-order chi connectivity index (χ0) is 16.4. The summed E-state index contributed by atoms with van der Waals surface area (Å²) in [5.41, 5.74) is 4.36. The Morgan fingerprint density at radius 3 is 2.92 bits per heavy atom. The number of aromatic nitrogens is 1. The zero-order valence-electron chi connectivity index (χ0n) is 12.6. The van der Waals surface area contributed by atoms with Crippen LogP contribution in [0.4, 0.5) is 0 Å². The number of nitrogens with one attached hydrogen (secondary N) is 1. The largest absolute Gasteiger partial charge is 0.454 e. The summed E-state index contributed by atoms with van der Waals surface area (Å²) in [6.07, 6.45) is 1.54. The number of nitrogens with zero attached hydrogens (tertiary/aromatic N) is 2. The number of fused-ring (bicyclic) bond motifs is 2. The highest BCUT2D eigenvalue weighted by Gasteiger charge is 2.12. The number of amides is 1. The van der Waals surface area contributed by atoms with Crippen LogP contribution in [0.15, 0.2) is 59.7 Å². The van der Waals surface area contributed by atoms with Crippen molar-refractivity contribution in [3.8, 4) is 11.5 Å². The fourth-order valence-electron chi connectivity index (χ4n) is 2.41. The highest BCUT2D eigenvalue weighted by molar-refractivity contribution is 5.95. The number of hydrogen-bond donors (Lipinski definition) is 1. The summed E-state index contributed by atoms with van der Waals surface area (Å²) in [6.45, 7) is 0.223. The molecule has 0 atom stereocenters. The molecule has 1 aliphatic heterocycles. The maximum Gasteiger partial charge on any atom is 0.289 e. The number of benzene rings is 2. The van der Waals surface area contributed by atoms with Gasteiger partial charge in [0.05, 0.1) is 11.7 Å². The molecule has 1 aliphatic rings.